The molecule has 0 bridgehead atoms. The highest BCUT2D eigenvalue weighted by molar-refractivity contribution is 6.35. The van der Waals surface area contributed by atoms with Crippen LogP contribution in [0.5, 0.6) is 0 Å². The molecule has 10 heteroatoms. The van der Waals surface area contributed by atoms with E-state index >= 15 is 0 Å². The fraction of sp³-hybridized carbons (Fsp3) is 0.526. The van der Waals surface area contributed by atoms with E-state index in [1.807, 2.05) is 12.1 Å². The molecule has 1 heterocycles. The number of hydrogen-bond acceptors (Lipinski definition) is 5. The van der Waals surface area contributed by atoms with E-state index in [0.717, 1.165) is 5.69 Å². The lowest BCUT2D eigenvalue weighted by Gasteiger charge is -2.38. The molecule has 160 valence electrons. The summed E-state index contributed by atoms with van der Waals surface area (Å²) in [6.45, 7) is 3.18. The number of carbonyl (C=O) groups excluding carboxylic acids is 3. The minimum Gasteiger partial charge on any atom is -0.396 e. The Balaban J connectivity index is 2.04. The number of likely N-dealkylation sites (N-methyl/N-ethyl adjacent to an activating group) is 1. The Labute approximate surface area is 180 Å². The van der Waals surface area contributed by atoms with E-state index in [4.69, 9.17) is 23.2 Å². The van der Waals surface area contributed by atoms with Gasteiger partial charge in [-0.2, -0.15) is 0 Å². The average molecular weight is 445 g/mol. The Bertz CT molecular complexity index is 735. The number of anilines is 1. The van der Waals surface area contributed by atoms with Crippen LogP contribution in [0.1, 0.15) is 13.3 Å². The Morgan fingerprint density at radius 1 is 1.21 bits per heavy atom. The van der Waals surface area contributed by atoms with Crippen LogP contribution in [0.4, 0.5) is 5.69 Å². The summed E-state index contributed by atoms with van der Waals surface area (Å²) in [7, 11) is 1.45. The number of nitrogens with zero attached hydrogens (tertiary/aromatic N) is 2. The van der Waals surface area contributed by atoms with Gasteiger partial charge in [0.2, 0.25) is 18.2 Å². The number of piperazine rings is 1. The van der Waals surface area contributed by atoms with Crippen molar-refractivity contribution in [3.05, 3.63) is 28.2 Å². The zero-order chi connectivity index (χ0) is 21.6. The maximum Gasteiger partial charge on any atom is 0.245 e. The van der Waals surface area contributed by atoms with Crippen molar-refractivity contribution in [1.82, 2.24) is 15.5 Å². The standard InChI is InChI=1S/C19H26Cl2N4O4/c1-19(23-12-27,18(29)22-2)10-13(11-26)17(28)25-5-3-24(4-6-25)16-8-14(20)7-15(21)9-16/h7-9,12-13,26H,3-6,10-11H2,1-2H3,(H,22,29)(H,23,27). The van der Waals surface area contributed by atoms with Crippen molar-refractivity contribution in [2.24, 2.45) is 5.92 Å². The molecule has 29 heavy (non-hydrogen) atoms. The highest BCUT2D eigenvalue weighted by Crippen LogP contribution is 2.27. The lowest BCUT2D eigenvalue weighted by atomic mass is 9.87. The monoisotopic (exact) mass is 444 g/mol. The third-order valence-corrected chi connectivity index (χ3v) is 5.57. The predicted octanol–water partition coefficient (Wildman–Crippen LogP) is 0.891. The molecule has 3 N–H and O–H groups in total. The van der Waals surface area contributed by atoms with Crippen molar-refractivity contribution >= 4 is 47.1 Å². The lowest BCUT2D eigenvalue weighted by Crippen LogP contribution is -2.57. The number of amides is 3. The van der Waals surface area contributed by atoms with Crippen molar-refractivity contribution in [2.75, 3.05) is 44.7 Å². The zero-order valence-corrected chi connectivity index (χ0v) is 18.0. The first-order chi connectivity index (χ1) is 13.7. The number of halogens is 2. The average Bonchev–Trinajstić information content (AvgIpc) is 2.70. The van der Waals surface area contributed by atoms with Crippen LogP contribution in [0.15, 0.2) is 18.2 Å². The van der Waals surface area contributed by atoms with Crippen molar-refractivity contribution in [2.45, 2.75) is 18.9 Å². The molecule has 0 spiro atoms. The second-order valence-corrected chi connectivity index (χ2v) is 8.07. The maximum atomic E-state index is 12.9. The molecule has 2 atom stereocenters. The van der Waals surface area contributed by atoms with E-state index in [0.29, 0.717) is 42.6 Å². The summed E-state index contributed by atoms with van der Waals surface area (Å²) in [6, 6.07) is 5.30. The Morgan fingerprint density at radius 2 is 1.79 bits per heavy atom. The van der Waals surface area contributed by atoms with Gasteiger partial charge in [0.25, 0.3) is 0 Å². The van der Waals surface area contributed by atoms with Crippen molar-refractivity contribution in [3.8, 4) is 0 Å². The van der Waals surface area contributed by atoms with Crippen LogP contribution < -0.4 is 15.5 Å². The van der Waals surface area contributed by atoms with Gasteiger partial charge in [-0.15, -0.1) is 0 Å². The molecule has 0 aromatic heterocycles. The summed E-state index contributed by atoms with van der Waals surface area (Å²) in [5, 5.41) is 15.8. The molecule has 1 aromatic carbocycles. The van der Waals surface area contributed by atoms with Crippen molar-refractivity contribution in [1.29, 1.82) is 0 Å². The first kappa shape index (κ1) is 23.3. The summed E-state index contributed by atoms with van der Waals surface area (Å²) in [5.74, 6) is -1.49. The van der Waals surface area contributed by atoms with E-state index in [9.17, 15) is 19.5 Å². The number of hydrogen-bond donors (Lipinski definition) is 3. The van der Waals surface area contributed by atoms with Gasteiger partial charge >= 0.3 is 0 Å². The Hall–Kier alpha value is -2.03. The van der Waals surface area contributed by atoms with E-state index in [1.54, 1.807) is 11.0 Å². The molecule has 3 amide bonds. The smallest absolute Gasteiger partial charge is 0.245 e. The van der Waals surface area contributed by atoms with E-state index < -0.39 is 24.0 Å². The molecule has 1 aliphatic heterocycles. The topological polar surface area (TPSA) is 102 Å². The van der Waals surface area contributed by atoms with Gasteiger partial charge in [0.05, 0.1) is 12.5 Å². The third kappa shape index (κ3) is 5.74. The van der Waals surface area contributed by atoms with Gasteiger partial charge in [0, 0.05) is 49.0 Å². The van der Waals surface area contributed by atoms with Gasteiger partial charge in [-0.05, 0) is 31.5 Å². The Morgan fingerprint density at radius 3 is 2.28 bits per heavy atom. The highest BCUT2D eigenvalue weighted by atomic mass is 35.5. The molecule has 1 fully saturated rings. The Kier molecular flexibility index (Phi) is 8.13. The van der Waals surface area contributed by atoms with Crippen LogP contribution in [-0.4, -0.2) is 73.6 Å². The largest absolute Gasteiger partial charge is 0.396 e. The number of nitrogens with one attached hydrogen (secondary N) is 2. The minimum atomic E-state index is -1.29. The normalized spacial score (nSPS) is 17.3. The van der Waals surface area contributed by atoms with Crippen molar-refractivity contribution < 1.29 is 19.5 Å². The van der Waals surface area contributed by atoms with Crippen LogP contribution in [0.3, 0.4) is 0 Å². The summed E-state index contributed by atoms with van der Waals surface area (Å²) in [5.41, 5.74) is -0.408. The van der Waals surface area contributed by atoms with Crippen LogP contribution in [0.25, 0.3) is 0 Å². The second-order valence-electron chi connectivity index (χ2n) is 7.20. The molecule has 1 saturated heterocycles. The SMILES string of the molecule is CNC(=O)C(C)(CC(CO)C(=O)N1CCN(c2cc(Cl)cc(Cl)c2)CC1)NC=O. The summed E-state index contributed by atoms with van der Waals surface area (Å²) in [6.07, 6.45) is 0.411. The summed E-state index contributed by atoms with van der Waals surface area (Å²) in [4.78, 5) is 39.8. The number of carbonyl (C=O) groups is 3. The number of rotatable bonds is 8. The summed E-state index contributed by atoms with van der Waals surface area (Å²) < 4.78 is 0. The summed E-state index contributed by atoms with van der Waals surface area (Å²) >= 11 is 12.1. The van der Waals surface area contributed by atoms with Gasteiger partial charge in [-0.25, -0.2) is 0 Å². The molecule has 0 aliphatic carbocycles. The highest BCUT2D eigenvalue weighted by Gasteiger charge is 2.38. The predicted molar refractivity (Wildman–Crippen MR) is 112 cm³/mol. The molecule has 2 rings (SSSR count). The first-order valence-electron chi connectivity index (χ1n) is 9.28. The molecule has 0 saturated carbocycles. The number of aliphatic hydroxyl groups is 1. The molecule has 0 radical (unpaired) electrons. The number of benzene rings is 1. The van der Waals surface area contributed by atoms with E-state index in [-0.39, 0.29) is 12.3 Å². The van der Waals surface area contributed by atoms with Crippen molar-refractivity contribution in [3.63, 3.8) is 0 Å². The van der Waals surface area contributed by atoms with Gasteiger partial charge in [-0.3, -0.25) is 14.4 Å². The lowest BCUT2D eigenvalue weighted by molar-refractivity contribution is -0.139. The van der Waals surface area contributed by atoms with Crippen LogP contribution >= 0.6 is 23.2 Å². The van der Waals surface area contributed by atoms with Gasteiger partial charge in [0.1, 0.15) is 5.54 Å². The zero-order valence-electron chi connectivity index (χ0n) is 16.5. The molecular weight excluding hydrogens is 419 g/mol. The maximum absolute atomic E-state index is 12.9. The quantitative estimate of drug-likeness (QED) is 0.516. The van der Waals surface area contributed by atoms with E-state index in [2.05, 4.69) is 15.5 Å². The molecule has 1 aliphatic rings. The molecule has 1 aromatic rings. The van der Waals surface area contributed by atoms with Gasteiger partial charge in [-0.1, -0.05) is 23.2 Å². The molecular formula is C19H26Cl2N4O4. The fourth-order valence-corrected chi connectivity index (χ4v) is 4.03. The first-order valence-corrected chi connectivity index (χ1v) is 10.0. The second kappa shape index (κ2) is 10.1. The van der Waals surface area contributed by atoms with Gasteiger partial charge < -0.3 is 25.5 Å². The van der Waals surface area contributed by atoms with Crippen LogP contribution in [-0.2, 0) is 14.4 Å². The fourth-order valence-electron chi connectivity index (χ4n) is 3.51. The molecule has 2 unspecified atom stereocenters. The van der Waals surface area contributed by atoms with E-state index in [1.165, 1.54) is 14.0 Å². The molecule has 8 nitrogen and oxygen atoms in total. The van der Waals surface area contributed by atoms with Gasteiger partial charge in [0.15, 0.2) is 0 Å². The number of aliphatic hydroxyl groups excluding tert-OH is 1. The third-order valence-electron chi connectivity index (χ3n) is 5.13. The van der Waals surface area contributed by atoms with Crippen LogP contribution in [0.2, 0.25) is 10.0 Å². The minimum absolute atomic E-state index is 0.00907. The van der Waals surface area contributed by atoms with Crippen LogP contribution in [0, 0.1) is 5.92 Å².